The van der Waals surface area contributed by atoms with Crippen molar-refractivity contribution < 1.29 is 14.6 Å². The predicted octanol–water partition coefficient (Wildman–Crippen LogP) is 4.87. The highest BCUT2D eigenvalue weighted by Crippen LogP contribution is 2.40. The SMILES string of the molecule is COc1cc(C2NC(=S)NC(c3ccccc3)=C2C(=O)c2ccccc2)c(Cl)cc1O. The van der Waals surface area contributed by atoms with Crippen molar-refractivity contribution in [1.82, 2.24) is 10.6 Å². The summed E-state index contributed by atoms with van der Waals surface area (Å²) in [7, 11) is 1.45. The highest BCUT2D eigenvalue weighted by atomic mass is 35.5. The van der Waals surface area contributed by atoms with Crippen molar-refractivity contribution in [1.29, 1.82) is 0 Å². The van der Waals surface area contributed by atoms with Crippen LogP contribution in [-0.2, 0) is 0 Å². The molecule has 4 rings (SSSR count). The topological polar surface area (TPSA) is 70.6 Å². The average molecular weight is 451 g/mol. The summed E-state index contributed by atoms with van der Waals surface area (Å²) in [6.07, 6.45) is 0. The van der Waals surface area contributed by atoms with E-state index in [1.165, 1.54) is 13.2 Å². The lowest BCUT2D eigenvalue weighted by molar-refractivity contribution is 0.102. The van der Waals surface area contributed by atoms with Crippen LogP contribution in [0.2, 0.25) is 5.02 Å². The van der Waals surface area contributed by atoms with E-state index in [4.69, 9.17) is 28.6 Å². The van der Waals surface area contributed by atoms with Crippen LogP contribution in [0.4, 0.5) is 0 Å². The van der Waals surface area contributed by atoms with Crippen molar-refractivity contribution in [2.75, 3.05) is 7.11 Å². The minimum atomic E-state index is -0.654. The minimum Gasteiger partial charge on any atom is -0.504 e. The second-order valence-corrected chi connectivity index (χ2v) is 7.74. The van der Waals surface area contributed by atoms with E-state index in [0.29, 0.717) is 27.5 Å². The Morgan fingerprint density at radius 1 is 1.06 bits per heavy atom. The molecule has 0 aromatic heterocycles. The molecule has 0 spiro atoms. The number of methoxy groups -OCH3 is 1. The third-order valence-corrected chi connectivity index (χ3v) is 5.57. The third-order valence-electron chi connectivity index (χ3n) is 5.02. The molecule has 3 aromatic carbocycles. The number of hydrogen-bond donors (Lipinski definition) is 3. The number of ether oxygens (including phenoxy) is 1. The third kappa shape index (κ3) is 4.13. The van der Waals surface area contributed by atoms with Crippen molar-refractivity contribution >= 4 is 40.4 Å². The number of carbonyl (C=O) groups excluding carboxylic acids is 1. The van der Waals surface area contributed by atoms with Gasteiger partial charge in [-0.2, -0.15) is 0 Å². The first-order valence-electron chi connectivity index (χ1n) is 9.53. The van der Waals surface area contributed by atoms with E-state index < -0.39 is 6.04 Å². The van der Waals surface area contributed by atoms with Crippen LogP contribution in [0.3, 0.4) is 0 Å². The number of aromatic hydroxyl groups is 1. The second-order valence-electron chi connectivity index (χ2n) is 6.93. The molecule has 31 heavy (non-hydrogen) atoms. The van der Waals surface area contributed by atoms with Gasteiger partial charge in [-0.15, -0.1) is 0 Å². The number of halogens is 1. The lowest BCUT2D eigenvalue weighted by atomic mass is 9.87. The maximum atomic E-state index is 13.7. The number of nitrogens with one attached hydrogen (secondary N) is 2. The molecule has 0 fully saturated rings. The quantitative estimate of drug-likeness (QED) is 0.380. The molecule has 1 heterocycles. The fraction of sp³-hybridized carbons (Fsp3) is 0.0833. The van der Waals surface area contributed by atoms with Crippen molar-refractivity contribution in [3.63, 3.8) is 0 Å². The predicted molar refractivity (Wildman–Crippen MR) is 125 cm³/mol. The van der Waals surface area contributed by atoms with E-state index >= 15 is 0 Å². The standard InChI is InChI=1S/C24H19ClN2O3S/c1-30-19-12-16(17(25)13-18(19)28)22-20(23(29)15-10-6-3-7-11-15)21(26-24(31)27-22)14-8-4-2-5-9-14/h2-13,22,28H,1H3,(H2,26,27,31). The molecule has 0 amide bonds. The molecule has 7 heteroatoms. The lowest BCUT2D eigenvalue weighted by Crippen LogP contribution is -2.45. The van der Waals surface area contributed by atoms with E-state index in [1.807, 2.05) is 48.5 Å². The molecule has 1 unspecified atom stereocenters. The van der Waals surface area contributed by atoms with Crippen molar-refractivity contribution in [2.24, 2.45) is 0 Å². The van der Waals surface area contributed by atoms with Crippen molar-refractivity contribution in [3.8, 4) is 11.5 Å². The van der Waals surface area contributed by atoms with Gasteiger partial charge in [0.2, 0.25) is 0 Å². The number of rotatable bonds is 5. The van der Waals surface area contributed by atoms with Gasteiger partial charge in [-0.1, -0.05) is 72.3 Å². The summed E-state index contributed by atoms with van der Waals surface area (Å²) in [4.78, 5) is 13.7. The molecule has 3 N–H and O–H groups in total. The molecule has 0 radical (unpaired) electrons. The Kier molecular flexibility index (Phi) is 5.93. The van der Waals surface area contributed by atoms with E-state index in [1.54, 1.807) is 18.2 Å². The summed E-state index contributed by atoms with van der Waals surface area (Å²) >= 11 is 12.0. The Bertz CT molecular complexity index is 1180. The van der Waals surface area contributed by atoms with E-state index in [2.05, 4.69) is 10.6 Å². The van der Waals surface area contributed by atoms with Gasteiger partial charge in [-0.05, 0) is 23.8 Å². The molecule has 156 valence electrons. The second kappa shape index (κ2) is 8.79. The van der Waals surface area contributed by atoms with Crippen LogP contribution >= 0.6 is 23.8 Å². The zero-order valence-electron chi connectivity index (χ0n) is 16.6. The first-order valence-corrected chi connectivity index (χ1v) is 10.3. The fourth-order valence-corrected chi connectivity index (χ4v) is 4.05. The van der Waals surface area contributed by atoms with E-state index in [9.17, 15) is 9.90 Å². The molecule has 5 nitrogen and oxygen atoms in total. The summed E-state index contributed by atoms with van der Waals surface area (Å²) in [5.74, 6) is -0.00977. The van der Waals surface area contributed by atoms with Gasteiger partial charge in [0.05, 0.1) is 29.4 Å². The van der Waals surface area contributed by atoms with Gasteiger partial charge in [0.25, 0.3) is 0 Å². The molecule has 1 aliphatic rings. The maximum Gasteiger partial charge on any atom is 0.193 e. The molecule has 3 aromatic rings. The maximum absolute atomic E-state index is 13.7. The highest BCUT2D eigenvalue weighted by Gasteiger charge is 2.34. The first kappa shape index (κ1) is 20.9. The van der Waals surface area contributed by atoms with Gasteiger partial charge in [0.15, 0.2) is 22.4 Å². The van der Waals surface area contributed by atoms with E-state index in [0.717, 1.165) is 5.56 Å². The van der Waals surface area contributed by atoms with Gasteiger partial charge >= 0.3 is 0 Å². The summed E-state index contributed by atoms with van der Waals surface area (Å²) in [6, 6.07) is 20.9. The van der Waals surface area contributed by atoms with E-state index in [-0.39, 0.29) is 22.3 Å². The zero-order chi connectivity index (χ0) is 22.0. The van der Waals surface area contributed by atoms with Crippen LogP contribution in [0.15, 0.2) is 78.4 Å². The Labute approximate surface area is 190 Å². The average Bonchev–Trinajstić information content (AvgIpc) is 2.79. The lowest BCUT2D eigenvalue weighted by Gasteiger charge is -2.32. The van der Waals surface area contributed by atoms with Crippen molar-refractivity contribution in [2.45, 2.75) is 6.04 Å². The van der Waals surface area contributed by atoms with Gasteiger partial charge in [0, 0.05) is 17.2 Å². The highest BCUT2D eigenvalue weighted by molar-refractivity contribution is 7.80. The Hall–Kier alpha value is -3.35. The van der Waals surface area contributed by atoms with Gasteiger partial charge in [-0.25, -0.2) is 0 Å². The molecule has 1 aliphatic heterocycles. The fourth-order valence-electron chi connectivity index (χ4n) is 3.56. The number of phenolic OH excluding ortho intramolecular Hbond substituents is 1. The minimum absolute atomic E-state index is 0.0871. The summed E-state index contributed by atoms with van der Waals surface area (Å²) in [5, 5.41) is 17.1. The number of benzene rings is 3. The van der Waals surface area contributed by atoms with Crippen LogP contribution in [0.1, 0.15) is 27.5 Å². The summed E-state index contributed by atoms with van der Waals surface area (Å²) < 4.78 is 5.26. The number of thiocarbonyl (C=S) groups is 1. The largest absolute Gasteiger partial charge is 0.504 e. The number of phenols is 1. The molecule has 0 saturated carbocycles. The number of hydrogen-bond acceptors (Lipinski definition) is 4. The van der Waals surface area contributed by atoms with Crippen LogP contribution in [0, 0.1) is 0 Å². The molecule has 1 atom stereocenters. The molecular formula is C24H19ClN2O3S. The van der Waals surface area contributed by atoms with Gasteiger partial charge in [-0.3, -0.25) is 4.79 Å². The van der Waals surface area contributed by atoms with Gasteiger partial charge < -0.3 is 20.5 Å². The Morgan fingerprint density at radius 2 is 1.71 bits per heavy atom. The summed E-state index contributed by atoms with van der Waals surface area (Å²) in [6.45, 7) is 0. The zero-order valence-corrected chi connectivity index (χ0v) is 18.1. The van der Waals surface area contributed by atoms with Crippen LogP contribution in [0.25, 0.3) is 5.70 Å². The number of Topliss-reactive ketones (excluding diaryl/α,β-unsaturated/α-hetero) is 1. The van der Waals surface area contributed by atoms with Crippen LogP contribution < -0.4 is 15.4 Å². The van der Waals surface area contributed by atoms with Crippen molar-refractivity contribution in [3.05, 3.63) is 100 Å². The van der Waals surface area contributed by atoms with Crippen LogP contribution in [-0.4, -0.2) is 23.1 Å². The van der Waals surface area contributed by atoms with Crippen LogP contribution in [0.5, 0.6) is 11.5 Å². The molecule has 0 saturated heterocycles. The number of carbonyl (C=O) groups is 1. The summed E-state index contributed by atoms with van der Waals surface area (Å²) in [5.41, 5.74) is 2.98. The number of ketones is 1. The molecule has 0 bridgehead atoms. The first-order chi connectivity index (χ1) is 15.0. The monoisotopic (exact) mass is 450 g/mol. The Balaban J connectivity index is 1.97. The smallest absolute Gasteiger partial charge is 0.193 e. The molecule has 0 aliphatic carbocycles. The van der Waals surface area contributed by atoms with Gasteiger partial charge in [0.1, 0.15) is 0 Å². The molecular weight excluding hydrogens is 432 g/mol. The normalized spacial score (nSPS) is 15.8. The Morgan fingerprint density at radius 3 is 2.35 bits per heavy atom.